The summed E-state index contributed by atoms with van der Waals surface area (Å²) in [6.07, 6.45) is 4.20. The Bertz CT molecular complexity index is 398. The molecular weight excluding hydrogens is 190 g/mol. The molecule has 1 aliphatic carbocycles. The first-order chi connectivity index (χ1) is 7.29. The molecular formula is C11H13N3O. The topological polar surface area (TPSA) is 57.8 Å². The van der Waals surface area contributed by atoms with Crippen molar-refractivity contribution in [2.45, 2.75) is 19.4 Å². The number of nitrogens with zero attached hydrogens (tertiary/aromatic N) is 2. The molecule has 1 aromatic heterocycles. The standard InChI is InChI=1S/C11H13N3O/c12-6-10-2-1-5-14(10)8-11(15)13-7-9-3-4-9/h1-2,5,9H,3-4,7-8H2,(H,13,15). The van der Waals surface area contributed by atoms with Gasteiger partial charge < -0.3 is 9.88 Å². The van der Waals surface area contributed by atoms with E-state index in [9.17, 15) is 4.79 Å². The smallest absolute Gasteiger partial charge is 0.239 e. The zero-order valence-corrected chi connectivity index (χ0v) is 8.44. The van der Waals surface area contributed by atoms with Gasteiger partial charge in [-0.3, -0.25) is 4.79 Å². The number of carbonyl (C=O) groups excluding carboxylic acids is 1. The van der Waals surface area contributed by atoms with E-state index >= 15 is 0 Å². The Balaban J connectivity index is 1.84. The SMILES string of the molecule is N#Cc1cccn1CC(=O)NCC1CC1. The van der Waals surface area contributed by atoms with E-state index in [1.165, 1.54) is 12.8 Å². The molecule has 1 saturated carbocycles. The van der Waals surface area contributed by atoms with Crippen LogP contribution in [0.25, 0.3) is 0 Å². The van der Waals surface area contributed by atoms with Crippen molar-refractivity contribution in [3.8, 4) is 6.07 Å². The number of hydrogen-bond donors (Lipinski definition) is 1. The lowest BCUT2D eigenvalue weighted by atomic mass is 10.4. The van der Waals surface area contributed by atoms with Gasteiger partial charge in [-0.05, 0) is 30.9 Å². The van der Waals surface area contributed by atoms with Gasteiger partial charge in [0.2, 0.25) is 5.91 Å². The number of aromatic nitrogens is 1. The third-order valence-electron chi connectivity index (χ3n) is 2.54. The predicted molar refractivity (Wildman–Crippen MR) is 54.9 cm³/mol. The molecule has 0 atom stereocenters. The van der Waals surface area contributed by atoms with Crippen LogP contribution in [0, 0.1) is 17.2 Å². The summed E-state index contributed by atoms with van der Waals surface area (Å²) in [4.78, 5) is 11.5. The lowest BCUT2D eigenvalue weighted by Crippen LogP contribution is -2.29. The van der Waals surface area contributed by atoms with Crippen molar-refractivity contribution in [1.82, 2.24) is 9.88 Å². The molecule has 2 rings (SSSR count). The average Bonchev–Trinajstić information content (AvgIpc) is 2.96. The molecule has 1 aliphatic rings. The van der Waals surface area contributed by atoms with Crippen molar-refractivity contribution in [2.75, 3.05) is 6.54 Å². The number of rotatable bonds is 4. The Morgan fingerprint density at radius 3 is 3.13 bits per heavy atom. The Kier molecular flexibility index (Phi) is 2.72. The molecule has 78 valence electrons. The second kappa shape index (κ2) is 4.18. The minimum atomic E-state index is -0.0189. The maximum atomic E-state index is 11.5. The van der Waals surface area contributed by atoms with Crippen molar-refractivity contribution >= 4 is 5.91 Å². The van der Waals surface area contributed by atoms with E-state index in [-0.39, 0.29) is 12.5 Å². The molecule has 0 aliphatic heterocycles. The maximum Gasteiger partial charge on any atom is 0.239 e. The highest BCUT2D eigenvalue weighted by atomic mass is 16.1. The molecule has 4 nitrogen and oxygen atoms in total. The fraction of sp³-hybridized carbons (Fsp3) is 0.455. The molecule has 1 N–H and O–H groups in total. The number of amides is 1. The van der Waals surface area contributed by atoms with Gasteiger partial charge >= 0.3 is 0 Å². The van der Waals surface area contributed by atoms with E-state index in [1.54, 1.807) is 22.9 Å². The number of carbonyl (C=O) groups is 1. The third-order valence-corrected chi connectivity index (χ3v) is 2.54. The second-order valence-electron chi connectivity index (χ2n) is 3.88. The quantitative estimate of drug-likeness (QED) is 0.790. The summed E-state index contributed by atoms with van der Waals surface area (Å²) in [6, 6.07) is 5.51. The molecule has 1 fully saturated rings. The van der Waals surface area contributed by atoms with Crippen molar-refractivity contribution in [2.24, 2.45) is 5.92 Å². The molecule has 4 heteroatoms. The lowest BCUT2D eigenvalue weighted by Gasteiger charge is -2.05. The molecule has 1 heterocycles. The summed E-state index contributed by atoms with van der Waals surface area (Å²) in [5.41, 5.74) is 0.525. The Morgan fingerprint density at radius 1 is 1.67 bits per heavy atom. The number of nitriles is 1. The zero-order chi connectivity index (χ0) is 10.7. The highest BCUT2D eigenvalue weighted by molar-refractivity contribution is 5.75. The Labute approximate surface area is 88.5 Å². The van der Waals surface area contributed by atoms with Gasteiger partial charge in [0, 0.05) is 12.7 Å². The number of hydrogen-bond acceptors (Lipinski definition) is 2. The molecule has 0 bridgehead atoms. The van der Waals surface area contributed by atoms with Crippen LogP contribution in [-0.2, 0) is 11.3 Å². The van der Waals surface area contributed by atoms with Crippen LogP contribution in [0.15, 0.2) is 18.3 Å². The fourth-order valence-corrected chi connectivity index (χ4v) is 1.44. The van der Waals surface area contributed by atoms with Crippen molar-refractivity contribution in [3.05, 3.63) is 24.0 Å². The summed E-state index contributed by atoms with van der Waals surface area (Å²) < 4.78 is 1.65. The fourth-order valence-electron chi connectivity index (χ4n) is 1.44. The number of nitrogens with one attached hydrogen (secondary N) is 1. The highest BCUT2D eigenvalue weighted by Gasteiger charge is 2.21. The average molecular weight is 203 g/mol. The van der Waals surface area contributed by atoms with Crippen LogP contribution in [0.5, 0.6) is 0 Å². The van der Waals surface area contributed by atoms with Gasteiger partial charge in [0.15, 0.2) is 0 Å². The van der Waals surface area contributed by atoms with Crippen molar-refractivity contribution in [1.29, 1.82) is 5.26 Å². The lowest BCUT2D eigenvalue weighted by molar-refractivity contribution is -0.121. The monoisotopic (exact) mass is 203 g/mol. The van der Waals surface area contributed by atoms with Gasteiger partial charge in [-0.25, -0.2) is 0 Å². The van der Waals surface area contributed by atoms with Crippen LogP contribution in [0.3, 0.4) is 0 Å². The van der Waals surface area contributed by atoms with Crippen molar-refractivity contribution in [3.63, 3.8) is 0 Å². The van der Waals surface area contributed by atoms with Crippen LogP contribution in [0.1, 0.15) is 18.5 Å². The third kappa shape index (κ3) is 2.59. The molecule has 0 unspecified atom stereocenters. The van der Waals surface area contributed by atoms with Gasteiger partial charge in [0.1, 0.15) is 18.3 Å². The van der Waals surface area contributed by atoms with Crippen LogP contribution < -0.4 is 5.32 Å². The molecule has 0 aromatic carbocycles. The summed E-state index contributed by atoms with van der Waals surface area (Å²) in [5, 5.41) is 11.6. The van der Waals surface area contributed by atoms with Gasteiger partial charge in [-0.1, -0.05) is 0 Å². The van der Waals surface area contributed by atoms with E-state index in [0.29, 0.717) is 11.6 Å². The molecule has 0 radical (unpaired) electrons. The highest BCUT2D eigenvalue weighted by Crippen LogP contribution is 2.27. The first-order valence-electron chi connectivity index (χ1n) is 5.11. The molecule has 0 spiro atoms. The van der Waals surface area contributed by atoms with E-state index in [0.717, 1.165) is 6.54 Å². The first kappa shape index (κ1) is 9.78. The van der Waals surface area contributed by atoms with Gasteiger partial charge in [0.05, 0.1) is 0 Å². The summed E-state index contributed by atoms with van der Waals surface area (Å²) in [7, 11) is 0. The Morgan fingerprint density at radius 2 is 2.47 bits per heavy atom. The van der Waals surface area contributed by atoms with E-state index in [2.05, 4.69) is 5.32 Å². The summed E-state index contributed by atoms with van der Waals surface area (Å²) in [5.74, 6) is 0.670. The van der Waals surface area contributed by atoms with Crippen LogP contribution in [0.4, 0.5) is 0 Å². The predicted octanol–water partition coefficient (Wildman–Crippen LogP) is 0.886. The van der Waals surface area contributed by atoms with Crippen molar-refractivity contribution < 1.29 is 4.79 Å². The van der Waals surface area contributed by atoms with E-state index in [4.69, 9.17) is 5.26 Å². The molecule has 1 amide bonds. The summed E-state index contributed by atoms with van der Waals surface area (Å²) in [6.45, 7) is 1.02. The van der Waals surface area contributed by atoms with Gasteiger partial charge in [-0.2, -0.15) is 5.26 Å². The molecule has 0 saturated heterocycles. The Hall–Kier alpha value is -1.76. The molecule has 15 heavy (non-hydrogen) atoms. The van der Waals surface area contributed by atoms with Crippen LogP contribution in [-0.4, -0.2) is 17.0 Å². The first-order valence-corrected chi connectivity index (χ1v) is 5.11. The maximum absolute atomic E-state index is 11.5. The largest absolute Gasteiger partial charge is 0.354 e. The molecule has 1 aromatic rings. The minimum Gasteiger partial charge on any atom is -0.354 e. The normalized spacial score (nSPS) is 14.6. The van der Waals surface area contributed by atoms with E-state index in [1.807, 2.05) is 6.07 Å². The van der Waals surface area contributed by atoms with Gasteiger partial charge in [0.25, 0.3) is 0 Å². The van der Waals surface area contributed by atoms with Crippen LogP contribution >= 0.6 is 0 Å². The minimum absolute atomic E-state index is 0.0189. The van der Waals surface area contributed by atoms with E-state index < -0.39 is 0 Å². The van der Waals surface area contributed by atoms with Crippen LogP contribution in [0.2, 0.25) is 0 Å². The second-order valence-corrected chi connectivity index (χ2v) is 3.88. The van der Waals surface area contributed by atoms with Gasteiger partial charge in [-0.15, -0.1) is 0 Å². The zero-order valence-electron chi connectivity index (χ0n) is 8.44. The summed E-state index contributed by atoms with van der Waals surface area (Å²) >= 11 is 0.